The number of nitrogens with one attached hydrogen (secondary N) is 2. The molecular weight excluding hydrogens is 368 g/mol. The lowest BCUT2D eigenvalue weighted by Crippen LogP contribution is -2.34. The second-order valence-electron chi connectivity index (χ2n) is 7.00. The smallest absolute Gasteiger partial charge is 0.307 e. The first kappa shape index (κ1) is 20.5. The van der Waals surface area contributed by atoms with Crippen LogP contribution in [0.15, 0.2) is 48.5 Å². The number of methoxy groups -OCH3 is 2. The van der Waals surface area contributed by atoms with Gasteiger partial charge in [0.15, 0.2) is 0 Å². The number of H-pyrrole nitrogens is 1. The zero-order valence-corrected chi connectivity index (χ0v) is 17.0. The van der Waals surface area contributed by atoms with Crippen LogP contribution in [0.1, 0.15) is 25.3 Å². The van der Waals surface area contributed by atoms with Crippen LogP contribution in [-0.2, 0) is 20.7 Å². The molecule has 0 aliphatic rings. The van der Waals surface area contributed by atoms with Crippen LogP contribution in [-0.4, -0.2) is 37.1 Å². The fraction of sp³-hybridized carbons (Fsp3) is 0.304. The summed E-state index contributed by atoms with van der Waals surface area (Å²) < 4.78 is 9.90. The summed E-state index contributed by atoms with van der Waals surface area (Å²) in [6.45, 7) is 1.79. The predicted molar refractivity (Wildman–Crippen MR) is 113 cm³/mol. The van der Waals surface area contributed by atoms with Crippen LogP contribution in [0, 0.1) is 0 Å². The third-order valence-electron chi connectivity index (χ3n) is 4.90. The number of esters is 1. The standard InChI is InChI=1S/C23H26N2O4/c1-15(14-22(27)29-3)24-21(26)13-12-19-18-6-4-5-7-20(18)25-23(19)16-8-10-17(28-2)11-9-16/h4-11,15,25H,12-14H2,1-3H3,(H,24,26). The number of aromatic amines is 1. The van der Waals surface area contributed by atoms with E-state index in [1.54, 1.807) is 14.0 Å². The van der Waals surface area contributed by atoms with Crippen molar-refractivity contribution in [2.24, 2.45) is 0 Å². The quantitative estimate of drug-likeness (QED) is 0.569. The Labute approximate surface area is 170 Å². The number of benzene rings is 2. The number of aromatic nitrogens is 1. The molecule has 1 atom stereocenters. The summed E-state index contributed by atoms with van der Waals surface area (Å²) in [7, 11) is 2.98. The summed E-state index contributed by atoms with van der Waals surface area (Å²) in [5.41, 5.74) is 4.18. The molecule has 1 unspecified atom stereocenters. The second kappa shape index (κ2) is 9.28. The van der Waals surface area contributed by atoms with Gasteiger partial charge >= 0.3 is 5.97 Å². The van der Waals surface area contributed by atoms with E-state index in [2.05, 4.69) is 21.1 Å². The highest BCUT2D eigenvalue weighted by Gasteiger charge is 2.16. The number of hydrogen-bond donors (Lipinski definition) is 2. The van der Waals surface area contributed by atoms with Crippen LogP contribution in [0.4, 0.5) is 0 Å². The Balaban J connectivity index is 1.79. The van der Waals surface area contributed by atoms with Crippen LogP contribution in [0.5, 0.6) is 5.75 Å². The Morgan fingerprint density at radius 3 is 2.48 bits per heavy atom. The molecule has 3 aromatic rings. The summed E-state index contributed by atoms with van der Waals surface area (Å²) >= 11 is 0. The molecule has 0 saturated heterocycles. The summed E-state index contributed by atoms with van der Waals surface area (Å²) in [5, 5.41) is 3.97. The molecule has 6 heteroatoms. The van der Waals surface area contributed by atoms with E-state index in [1.807, 2.05) is 42.5 Å². The molecule has 29 heavy (non-hydrogen) atoms. The number of hydrogen-bond acceptors (Lipinski definition) is 4. The lowest BCUT2D eigenvalue weighted by Gasteiger charge is -2.13. The zero-order valence-electron chi connectivity index (χ0n) is 17.0. The minimum absolute atomic E-state index is 0.0904. The van der Waals surface area contributed by atoms with Gasteiger partial charge in [-0.25, -0.2) is 0 Å². The normalized spacial score (nSPS) is 11.8. The molecule has 1 aromatic heterocycles. The van der Waals surface area contributed by atoms with E-state index in [1.165, 1.54) is 7.11 Å². The molecule has 0 radical (unpaired) electrons. The number of ether oxygens (including phenoxy) is 2. The molecule has 2 aromatic carbocycles. The van der Waals surface area contributed by atoms with Crippen LogP contribution < -0.4 is 10.1 Å². The zero-order chi connectivity index (χ0) is 20.8. The topological polar surface area (TPSA) is 80.4 Å². The van der Waals surface area contributed by atoms with Gasteiger partial charge in [0.05, 0.1) is 20.6 Å². The first-order chi connectivity index (χ1) is 14.0. The van der Waals surface area contributed by atoms with Gasteiger partial charge in [0.2, 0.25) is 5.91 Å². The molecule has 6 nitrogen and oxygen atoms in total. The Bertz CT molecular complexity index is 992. The van der Waals surface area contributed by atoms with Gasteiger partial charge in [-0.2, -0.15) is 0 Å². The van der Waals surface area contributed by atoms with Crippen molar-refractivity contribution < 1.29 is 19.1 Å². The molecule has 3 rings (SSSR count). The van der Waals surface area contributed by atoms with Gasteiger partial charge in [-0.3, -0.25) is 9.59 Å². The molecule has 0 bridgehead atoms. The summed E-state index contributed by atoms with van der Waals surface area (Å²) in [4.78, 5) is 27.2. The molecule has 0 spiro atoms. The monoisotopic (exact) mass is 394 g/mol. The van der Waals surface area contributed by atoms with Gasteiger partial charge in [-0.1, -0.05) is 18.2 Å². The van der Waals surface area contributed by atoms with E-state index in [0.29, 0.717) is 12.8 Å². The van der Waals surface area contributed by atoms with Gasteiger partial charge in [0.25, 0.3) is 0 Å². The van der Waals surface area contributed by atoms with Gasteiger partial charge < -0.3 is 19.8 Å². The van der Waals surface area contributed by atoms with E-state index in [4.69, 9.17) is 4.74 Å². The van der Waals surface area contributed by atoms with E-state index < -0.39 is 0 Å². The first-order valence-corrected chi connectivity index (χ1v) is 9.62. The van der Waals surface area contributed by atoms with Crippen molar-refractivity contribution in [3.63, 3.8) is 0 Å². The van der Waals surface area contributed by atoms with Crippen LogP contribution in [0.25, 0.3) is 22.2 Å². The number of carbonyl (C=O) groups is 2. The van der Waals surface area contributed by atoms with Crippen molar-refractivity contribution in [2.75, 3.05) is 14.2 Å². The van der Waals surface area contributed by atoms with Gasteiger partial charge in [0, 0.05) is 29.1 Å². The number of rotatable bonds is 8. The van der Waals surface area contributed by atoms with E-state index in [0.717, 1.165) is 33.5 Å². The molecule has 152 valence electrons. The number of amides is 1. The first-order valence-electron chi connectivity index (χ1n) is 9.62. The number of aryl methyl sites for hydroxylation is 1. The van der Waals surface area contributed by atoms with Crippen molar-refractivity contribution in [2.45, 2.75) is 32.2 Å². The fourth-order valence-corrected chi connectivity index (χ4v) is 3.43. The average Bonchev–Trinajstić information content (AvgIpc) is 3.10. The second-order valence-corrected chi connectivity index (χ2v) is 7.00. The van der Waals surface area contributed by atoms with Crippen molar-refractivity contribution in [3.05, 3.63) is 54.1 Å². The Morgan fingerprint density at radius 1 is 1.07 bits per heavy atom. The highest BCUT2D eigenvalue weighted by molar-refractivity contribution is 5.91. The lowest BCUT2D eigenvalue weighted by molar-refractivity contribution is -0.141. The third-order valence-corrected chi connectivity index (χ3v) is 4.90. The van der Waals surface area contributed by atoms with Crippen LogP contribution in [0.3, 0.4) is 0 Å². The Hall–Kier alpha value is -3.28. The minimum atomic E-state index is -0.337. The molecular formula is C23H26N2O4. The van der Waals surface area contributed by atoms with Gasteiger partial charge in [-0.15, -0.1) is 0 Å². The maximum absolute atomic E-state index is 12.4. The SMILES string of the molecule is COC(=O)CC(C)NC(=O)CCc1c(-c2ccc(OC)cc2)[nH]c2ccccc12. The maximum atomic E-state index is 12.4. The van der Waals surface area contributed by atoms with E-state index in [9.17, 15) is 9.59 Å². The summed E-state index contributed by atoms with van der Waals surface area (Å²) in [6, 6.07) is 15.7. The highest BCUT2D eigenvalue weighted by Crippen LogP contribution is 2.32. The molecule has 1 heterocycles. The minimum Gasteiger partial charge on any atom is -0.497 e. The molecule has 0 fully saturated rings. The largest absolute Gasteiger partial charge is 0.497 e. The lowest BCUT2D eigenvalue weighted by atomic mass is 10.0. The molecule has 2 N–H and O–H groups in total. The number of fused-ring (bicyclic) bond motifs is 1. The molecule has 0 aliphatic carbocycles. The molecule has 1 amide bonds. The summed E-state index contributed by atoms with van der Waals surface area (Å²) in [6.07, 6.45) is 1.07. The van der Waals surface area contributed by atoms with Gasteiger partial charge in [-0.05, 0) is 54.8 Å². The Morgan fingerprint density at radius 2 is 1.79 bits per heavy atom. The van der Waals surface area contributed by atoms with Crippen molar-refractivity contribution in [1.29, 1.82) is 0 Å². The fourth-order valence-electron chi connectivity index (χ4n) is 3.43. The average molecular weight is 394 g/mol. The van der Waals surface area contributed by atoms with E-state index in [-0.39, 0.29) is 24.3 Å². The summed E-state index contributed by atoms with van der Waals surface area (Å²) in [5.74, 6) is 0.369. The van der Waals surface area contributed by atoms with Crippen LogP contribution in [0.2, 0.25) is 0 Å². The van der Waals surface area contributed by atoms with E-state index >= 15 is 0 Å². The number of para-hydroxylation sites is 1. The molecule has 0 aliphatic heterocycles. The predicted octanol–water partition coefficient (Wildman–Crippen LogP) is 3.84. The highest BCUT2D eigenvalue weighted by atomic mass is 16.5. The van der Waals surface area contributed by atoms with Crippen LogP contribution >= 0.6 is 0 Å². The van der Waals surface area contributed by atoms with Gasteiger partial charge in [0.1, 0.15) is 5.75 Å². The van der Waals surface area contributed by atoms with Crippen molar-refractivity contribution >= 4 is 22.8 Å². The third kappa shape index (κ3) is 4.96. The maximum Gasteiger partial charge on any atom is 0.307 e. The van der Waals surface area contributed by atoms with Crippen molar-refractivity contribution in [1.82, 2.24) is 10.3 Å². The number of carbonyl (C=O) groups excluding carboxylic acids is 2. The Kier molecular flexibility index (Phi) is 6.54. The van der Waals surface area contributed by atoms with Crippen molar-refractivity contribution in [3.8, 4) is 17.0 Å². The molecule has 0 saturated carbocycles.